The Kier molecular flexibility index (Phi) is 4.47. The molecule has 0 fully saturated rings. The monoisotopic (exact) mass is 319 g/mol. The van der Waals surface area contributed by atoms with Crippen LogP contribution in [0.2, 0.25) is 0 Å². The lowest BCUT2D eigenvalue weighted by atomic mass is 9.98. The van der Waals surface area contributed by atoms with Crippen molar-refractivity contribution in [1.82, 2.24) is 0 Å². The van der Waals surface area contributed by atoms with Crippen molar-refractivity contribution in [2.45, 2.75) is 0 Å². The number of carbonyl (C=O) groups is 2. The Bertz CT molecular complexity index is 874. The van der Waals surface area contributed by atoms with E-state index in [0.717, 1.165) is 0 Å². The third-order valence-corrected chi connectivity index (χ3v) is 3.55. The maximum atomic E-state index is 13.0. The zero-order valence-electron chi connectivity index (χ0n) is 12.7. The van der Waals surface area contributed by atoms with E-state index in [0.29, 0.717) is 11.3 Å². The minimum absolute atomic E-state index is 0.274. The van der Waals surface area contributed by atoms with Crippen molar-refractivity contribution in [3.05, 3.63) is 101 Å². The molecule has 0 atom stereocenters. The second-order valence-electron chi connectivity index (χ2n) is 5.20. The number of hydrogen-bond acceptors (Lipinski definition) is 2. The van der Waals surface area contributed by atoms with Gasteiger partial charge in [-0.1, -0.05) is 36.4 Å². The molecule has 24 heavy (non-hydrogen) atoms. The Morgan fingerprint density at radius 2 is 1.29 bits per heavy atom. The van der Waals surface area contributed by atoms with Crippen LogP contribution in [-0.4, -0.2) is 11.7 Å². The number of hydrogen-bond donors (Lipinski definition) is 1. The molecule has 0 aliphatic carbocycles. The minimum atomic E-state index is -0.415. The predicted octanol–water partition coefficient (Wildman–Crippen LogP) is 4.31. The number of anilines is 1. The number of carbonyl (C=O) groups excluding carboxylic acids is 2. The summed E-state index contributed by atoms with van der Waals surface area (Å²) in [5.41, 5.74) is 1.52. The zero-order chi connectivity index (χ0) is 16.9. The van der Waals surface area contributed by atoms with Gasteiger partial charge in [-0.25, -0.2) is 4.39 Å². The van der Waals surface area contributed by atoms with Crippen molar-refractivity contribution in [3.63, 3.8) is 0 Å². The van der Waals surface area contributed by atoms with Crippen LogP contribution in [0.3, 0.4) is 0 Å². The van der Waals surface area contributed by atoms with E-state index in [1.807, 2.05) is 18.2 Å². The van der Waals surface area contributed by atoms with E-state index in [9.17, 15) is 14.0 Å². The minimum Gasteiger partial charge on any atom is -0.322 e. The number of benzene rings is 3. The predicted molar refractivity (Wildman–Crippen MR) is 90.7 cm³/mol. The standard InChI is InChI=1S/C20H14FNO2/c21-15-12-10-14(11-13-15)19(23)17-8-4-5-9-18(17)20(24)22-16-6-2-1-3-7-16/h1-13H,(H,22,24). The van der Waals surface area contributed by atoms with Crippen LogP contribution in [-0.2, 0) is 0 Å². The van der Waals surface area contributed by atoms with E-state index in [2.05, 4.69) is 5.32 Å². The van der Waals surface area contributed by atoms with Crippen LogP contribution < -0.4 is 5.32 Å². The van der Waals surface area contributed by atoms with Gasteiger partial charge in [0.05, 0.1) is 5.56 Å². The van der Waals surface area contributed by atoms with Gasteiger partial charge in [-0.3, -0.25) is 9.59 Å². The Labute approximate surface area is 138 Å². The molecule has 0 bridgehead atoms. The molecule has 1 amide bonds. The molecule has 3 nitrogen and oxygen atoms in total. The molecule has 0 heterocycles. The fourth-order valence-corrected chi connectivity index (χ4v) is 2.36. The molecule has 4 heteroatoms. The van der Waals surface area contributed by atoms with Crippen LogP contribution in [0.1, 0.15) is 26.3 Å². The topological polar surface area (TPSA) is 46.2 Å². The second-order valence-corrected chi connectivity index (χ2v) is 5.20. The van der Waals surface area contributed by atoms with Gasteiger partial charge in [0, 0.05) is 16.8 Å². The smallest absolute Gasteiger partial charge is 0.256 e. The van der Waals surface area contributed by atoms with E-state index >= 15 is 0 Å². The van der Waals surface area contributed by atoms with Crippen molar-refractivity contribution in [3.8, 4) is 0 Å². The van der Waals surface area contributed by atoms with Crippen LogP contribution in [0, 0.1) is 5.82 Å². The third-order valence-electron chi connectivity index (χ3n) is 3.55. The lowest BCUT2D eigenvalue weighted by Gasteiger charge is -2.09. The Morgan fingerprint density at radius 1 is 0.708 bits per heavy atom. The SMILES string of the molecule is O=C(Nc1ccccc1)c1ccccc1C(=O)c1ccc(F)cc1. The average molecular weight is 319 g/mol. The van der Waals surface area contributed by atoms with Crippen molar-refractivity contribution in [1.29, 1.82) is 0 Å². The normalized spacial score (nSPS) is 10.2. The highest BCUT2D eigenvalue weighted by Gasteiger charge is 2.18. The van der Waals surface area contributed by atoms with Crippen LogP contribution in [0.5, 0.6) is 0 Å². The van der Waals surface area contributed by atoms with Gasteiger partial charge >= 0.3 is 0 Å². The van der Waals surface area contributed by atoms with E-state index in [1.165, 1.54) is 24.3 Å². The van der Waals surface area contributed by atoms with E-state index in [1.54, 1.807) is 36.4 Å². The van der Waals surface area contributed by atoms with Gasteiger partial charge < -0.3 is 5.32 Å². The summed E-state index contributed by atoms with van der Waals surface area (Å²) in [6.07, 6.45) is 0. The molecule has 3 rings (SSSR count). The molecule has 0 spiro atoms. The lowest BCUT2D eigenvalue weighted by Crippen LogP contribution is -2.16. The Morgan fingerprint density at radius 3 is 1.96 bits per heavy atom. The van der Waals surface area contributed by atoms with Crippen molar-refractivity contribution in [2.75, 3.05) is 5.32 Å². The average Bonchev–Trinajstić information content (AvgIpc) is 2.62. The summed E-state index contributed by atoms with van der Waals surface area (Å²) in [5, 5.41) is 2.76. The first-order valence-corrected chi connectivity index (χ1v) is 7.41. The summed E-state index contributed by atoms with van der Waals surface area (Å²) in [5.74, 6) is -1.11. The maximum absolute atomic E-state index is 13.0. The molecular weight excluding hydrogens is 305 g/mol. The van der Waals surface area contributed by atoms with Crippen molar-refractivity contribution in [2.24, 2.45) is 0 Å². The quantitative estimate of drug-likeness (QED) is 0.728. The zero-order valence-corrected chi connectivity index (χ0v) is 12.7. The number of ketones is 1. The highest BCUT2D eigenvalue weighted by molar-refractivity contribution is 6.17. The van der Waals surface area contributed by atoms with Gasteiger partial charge in [0.15, 0.2) is 5.78 Å². The summed E-state index contributed by atoms with van der Waals surface area (Å²) in [4.78, 5) is 25.1. The fraction of sp³-hybridized carbons (Fsp3) is 0. The second kappa shape index (κ2) is 6.87. The first-order chi connectivity index (χ1) is 11.6. The molecule has 0 aliphatic rings. The largest absolute Gasteiger partial charge is 0.322 e. The molecule has 0 aromatic heterocycles. The number of halogens is 1. The molecule has 0 radical (unpaired) electrons. The number of para-hydroxylation sites is 1. The van der Waals surface area contributed by atoms with Gasteiger partial charge in [-0.05, 0) is 42.5 Å². The first kappa shape index (κ1) is 15.6. The Hall–Kier alpha value is -3.27. The molecule has 0 saturated carbocycles. The van der Waals surface area contributed by atoms with Gasteiger partial charge in [0.25, 0.3) is 5.91 Å². The first-order valence-electron chi connectivity index (χ1n) is 7.41. The fourth-order valence-electron chi connectivity index (χ4n) is 2.36. The third kappa shape index (κ3) is 3.38. The number of nitrogens with one attached hydrogen (secondary N) is 1. The highest BCUT2D eigenvalue weighted by atomic mass is 19.1. The molecule has 1 N–H and O–H groups in total. The van der Waals surface area contributed by atoms with Gasteiger partial charge in [-0.15, -0.1) is 0 Å². The van der Waals surface area contributed by atoms with Crippen LogP contribution in [0.25, 0.3) is 0 Å². The summed E-state index contributed by atoms with van der Waals surface area (Å²) in [6, 6.07) is 20.8. The van der Waals surface area contributed by atoms with Gasteiger partial charge in [-0.2, -0.15) is 0 Å². The lowest BCUT2D eigenvalue weighted by molar-refractivity contribution is 0.0996. The molecule has 118 valence electrons. The molecule has 0 unspecified atom stereocenters. The summed E-state index contributed by atoms with van der Waals surface area (Å²) in [6.45, 7) is 0. The summed E-state index contributed by atoms with van der Waals surface area (Å²) in [7, 11) is 0. The number of rotatable bonds is 4. The Balaban J connectivity index is 1.91. The molecule has 0 saturated heterocycles. The molecule has 0 aliphatic heterocycles. The van der Waals surface area contributed by atoms with Gasteiger partial charge in [0.2, 0.25) is 0 Å². The molecule has 3 aromatic rings. The van der Waals surface area contributed by atoms with Gasteiger partial charge in [0.1, 0.15) is 5.82 Å². The summed E-state index contributed by atoms with van der Waals surface area (Å²) < 4.78 is 13.0. The van der Waals surface area contributed by atoms with Crippen LogP contribution in [0.15, 0.2) is 78.9 Å². The maximum Gasteiger partial charge on any atom is 0.256 e. The van der Waals surface area contributed by atoms with E-state index in [4.69, 9.17) is 0 Å². The van der Waals surface area contributed by atoms with E-state index in [-0.39, 0.29) is 22.8 Å². The molecular formula is C20H14FNO2. The van der Waals surface area contributed by atoms with Crippen LogP contribution >= 0.6 is 0 Å². The molecule has 3 aromatic carbocycles. The van der Waals surface area contributed by atoms with Crippen molar-refractivity contribution < 1.29 is 14.0 Å². The number of amides is 1. The highest BCUT2D eigenvalue weighted by Crippen LogP contribution is 2.17. The van der Waals surface area contributed by atoms with Crippen LogP contribution in [0.4, 0.5) is 10.1 Å². The summed E-state index contributed by atoms with van der Waals surface area (Å²) >= 11 is 0. The van der Waals surface area contributed by atoms with E-state index < -0.39 is 5.82 Å². The van der Waals surface area contributed by atoms with Crippen molar-refractivity contribution >= 4 is 17.4 Å².